The van der Waals surface area contributed by atoms with Crippen LogP contribution in [0.4, 0.5) is 6.01 Å². The zero-order valence-corrected chi connectivity index (χ0v) is 12.6. The molecule has 0 radical (unpaired) electrons. The van der Waals surface area contributed by atoms with Crippen LogP contribution in [0.2, 0.25) is 5.02 Å². The second kappa shape index (κ2) is 5.61. The Balaban J connectivity index is 1.76. The van der Waals surface area contributed by atoms with E-state index in [0.29, 0.717) is 16.3 Å². The van der Waals surface area contributed by atoms with Crippen LogP contribution in [0.25, 0.3) is 11.6 Å². The van der Waals surface area contributed by atoms with Crippen LogP contribution in [0.5, 0.6) is 0 Å². The van der Waals surface area contributed by atoms with Crippen LogP contribution in [0, 0.1) is 6.92 Å². The highest BCUT2D eigenvalue weighted by atomic mass is 35.5. The molecule has 0 spiro atoms. The summed E-state index contributed by atoms with van der Waals surface area (Å²) in [6.07, 6.45) is 0. The molecule has 2 aromatic heterocycles. The molecule has 0 saturated carbocycles. The summed E-state index contributed by atoms with van der Waals surface area (Å²) in [5.41, 5.74) is 1.96. The number of nitrogens with one attached hydrogen (secondary N) is 1. The van der Waals surface area contributed by atoms with Crippen molar-refractivity contribution in [1.29, 1.82) is 0 Å². The van der Waals surface area contributed by atoms with E-state index < -0.39 is 0 Å². The third kappa shape index (κ3) is 2.84. The van der Waals surface area contributed by atoms with Crippen molar-refractivity contribution in [3.05, 3.63) is 46.6 Å². The topological polar surface area (TPSA) is 85.8 Å². The normalized spacial score (nSPS) is 10.7. The van der Waals surface area contributed by atoms with Gasteiger partial charge in [-0.25, -0.2) is 0 Å². The first-order valence-electron chi connectivity index (χ1n) is 6.44. The van der Waals surface area contributed by atoms with Gasteiger partial charge >= 0.3 is 6.01 Å². The Kier molecular flexibility index (Phi) is 3.64. The number of hydrogen-bond donors (Lipinski definition) is 1. The Morgan fingerprint density at radius 3 is 2.64 bits per heavy atom. The minimum absolute atomic E-state index is 0.0123. The second-order valence-electron chi connectivity index (χ2n) is 4.67. The number of rotatable bonds is 3. The Morgan fingerprint density at radius 2 is 2.00 bits per heavy atom. The van der Waals surface area contributed by atoms with Gasteiger partial charge in [-0.2, -0.15) is 5.10 Å². The maximum atomic E-state index is 12.0. The molecule has 0 saturated heterocycles. The molecular weight excluding hydrogens is 306 g/mol. The van der Waals surface area contributed by atoms with E-state index in [0.717, 1.165) is 5.69 Å². The summed E-state index contributed by atoms with van der Waals surface area (Å²) in [6.45, 7) is 1.91. The highest BCUT2D eigenvalue weighted by Gasteiger charge is 2.15. The number of benzene rings is 1. The van der Waals surface area contributed by atoms with E-state index in [1.54, 1.807) is 28.9 Å². The largest absolute Gasteiger partial charge is 0.401 e. The van der Waals surface area contributed by atoms with E-state index in [1.165, 1.54) is 0 Å². The first kappa shape index (κ1) is 14.3. The summed E-state index contributed by atoms with van der Waals surface area (Å²) in [5, 5.41) is 15.0. The minimum Gasteiger partial charge on any atom is -0.401 e. The average Bonchev–Trinajstić information content (AvgIpc) is 3.07. The molecule has 0 aliphatic carbocycles. The molecule has 0 fully saturated rings. The number of nitrogens with zero attached hydrogens (tertiary/aromatic N) is 4. The van der Waals surface area contributed by atoms with Gasteiger partial charge in [-0.05, 0) is 37.3 Å². The number of anilines is 1. The number of aromatic nitrogens is 4. The second-order valence-corrected chi connectivity index (χ2v) is 5.10. The van der Waals surface area contributed by atoms with Crippen LogP contribution >= 0.6 is 11.6 Å². The molecular formula is C14H12ClN5O2. The predicted octanol–water partition coefficient (Wildman–Crippen LogP) is 2.68. The fourth-order valence-corrected chi connectivity index (χ4v) is 1.94. The highest BCUT2D eigenvalue weighted by Crippen LogP contribution is 2.19. The van der Waals surface area contributed by atoms with E-state index in [2.05, 4.69) is 20.6 Å². The molecule has 2 heterocycles. The quantitative estimate of drug-likeness (QED) is 0.802. The van der Waals surface area contributed by atoms with Crippen molar-refractivity contribution in [2.75, 3.05) is 5.32 Å². The molecule has 3 aromatic rings. The molecule has 0 aliphatic rings. The predicted molar refractivity (Wildman–Crippen MR) is 80.6 cm³/mol. The van der Waals surface area contributed by atoms with Gasteiger partial charge in [0.1, 0.15) is 5.69 Å². The number of carbonyl (C=O) groups excluding carboxylic acids is 1. The zero-order chi connectivity index (χ0) is 15.7. The lowest BCUT2D eigenvalue weighted by atomic mass is 10.2. The van der Waals surface area contributed by atoms with Crippen molar-refractivity contribution in [3.63, 3.8) is 0 Å². The molecule has 0 aliphatic heterocycles. The molecule has 3 rings (SSSR count). The number of hydrogen-bond acceptors (Lipinski definition) is 5. The van der Waals surface area contributed by atoms with Gasteiger partial charge in [0.25, 0.3) is 11.8 Å². The summed E-state index contributed by atoms with van der Waals surface area (Å²) in [5.74, 6) is -0.112. The van der Waals surface area contributed by atoms with Crippen LogP contribution in [0.15, 0.2) is 34.7 Å². The molecule has 0 bridgehead atoms. The molecule has 22 heavy (non-hydrogen) atoms. The SMILES string of the molecule is Cc1cc(-c2nnc(NC(=O)c3ccc(Cl)cc3)o2)nn1C. The van der Waals surface area contributed by atoms with Crippen molar-refractivity contribution < 1.29 is 9.21 Å². The summed E-state index contributed by atoms with van der Waals surface area (Å²) in [4.78, 5) is 12.0. The van der Waals surface area contributed by atoms with Crippen LogP contribution in [-0.2, 0) is 7.05 Å². The van der Waals surface area contributed by atoms with Gasteiger partial charge < -0.3 is 4.42 Å². The smallest absolute Gasteiger partial charge is 0.322 e. The molecule has 0 unspecified atom stereocenters. The van der Waals surface area contributed by atoms with Crippen molar-refractivity contribution in [1.82, 2.24) is 20.0 Å². The summed E-state index contributed by atoms with van der Waals surface area (Å²) < 4.78 is 7.10. The maximum absolute atomic E-state index is 12.0. The molecule has 8 heteroatoms. The summed E-state index contributed by atoms with van der Waals surface area (Å²) in [7, 11) is 1.82. The van der Waals surface area contributed by atoms with E-state index in [1.807, 2.05) is 20.0 Å². The lowest BCUT2D eigenvalue weighted by Crippen LogP contribution is -2.11. The van der Waals surface area contributed by atoms with E-state index in [4.69, 9.17) is 16.0 Å². The van der Waals surface area contributed by atoms with E-state index in [-0.39, 0.29) is 17.8 Å². The zero-order valence-electron chi connectivity index (χ0n) is 11.9. The van der Waals surface area contributed by atoms with Gasteiger partial charge in [0.2, 0.25) is 0 Å². The summed E-state index contributed by atoms with van der Waals surface area (Å²) in [6, 6.07) is 8.31. The van der Waals surface area contributed by atoms with Crippen molar-refractivity contribution in [2.24, 2.45) is 7.05 Å². The minimum atomic E-state index is -0.357. The average molecular weight is 318 g/mol. The molecule has 0 atom stereocenters. The summed E-state index contributed by atoms with van der Waals surface area (Å²) >= 11 is 5.78. The Morgan fingerprint density at radius 1 is 1.27 bits per heavy atom. The Hall–Kier alpha value is -2.67. The van der Waals surface area contributed by atoms with E-state index >= 15 is 0 Å². The monoisotopic (exact) mass is 317 g/mol. The number of halogens is 1. The molecule has 1 amide bonds. The highest BCUT2D eigenvalue weighted by molar-refractivity contribution is 6.30. The van der Waals surface area contributed by atoms with Gasteiger partial charge in [0.05, 0.1) is 0 Å². The van der Waals surface area contributed by atoms with Gasteiger partial charge in [-0.1, -0.05) is 16.7 Å². The number of aryl methyl sites for hydroxylation is 2. The lowest BCUT2D eigenvalue weighted by molar-refractivity contribution is 0.102. The first-order valence-corrected chi connectivity index (χ1v) is 6.82. The van der Waals surface area contributed by atoms with Crippen molar-refractivity contribution in [2.45, 2.75) is 6.92 Å². The fraction of sp³-hybridized carbons (Fsp3) is 0.143. The van der Waals surface area contributed by atoms with E-state index in [9.17, 15) is 4.79 Å². The third-order valence-corrected chi connectivity index (χ3v) is 3.34. The van der Waals surface area contributed by atoms with Crippen molar-refractivity contribution >= 4 is 23.5 Å². The van der Waals surface area contributed by atoms with Gasteiger partial charge in [-0.15, -0.1) is 5.10 Å². The van der Waals surface area contributed by atoms with Crippen LogP contribution in [0.1, 0.15) is 16.1 Å². The van der Waals surface area contributed by atoms with Crippen LogP contribution in [-0.4, -0.2) is 25.9 Å². The van der Waals surface area contributed by atoms with Crippen LogP contribution < -0.4 is 5.32 Å². The fourth-order valence-electron chi connectivity index (χ4n) is 1.81. The Bertz CT molecular complexity index is 803. The third-order valence-electron chi connectivity index (χ3n) is 3.08. The molecule has 1 N–H and O–H groups in total. The Labute approximate surface area is 130 Å². The van der Waals surface area contributed by atoms with Crippen LogP contribution in [0.3, 0.4) is 0 Å². The standard InChI is InChI=1S/C14H12ClN5O2/c1-8-7-11(19-20(8)2)13-17-18-14(22-13)16-12(21)9-3-5-10(15)6-4-9/h3-7H,1-2H3,(H,16,18,21). The number of carbonyl (C=O) groups is 1. The number of amides is 1. The first-order chi connectivity index (χ1) is 10.5. The maximum Gasteiger partial charge on any atom is 0.322 e. The van der Waals surface area contributed by atoms with Gasteiger partial charge in [-0.3, -0.25) is 14.8 Å². The molecule has 7 nitrogen and oxygen atoms in total. The van der Waals surface area contributed by atoms with Gasteiger partial charge in [0.15, 0.2) is 0 Å². The molecule has 1 aromatic carbocycles. The molecule has 112 valence electrons. The van der Waals surface area contributed by atoms with Gasteiger partial charge in [0, 0.05) is 23.3 Å². The van der Waals surface area contributed by atoms with Crippen molar-refractivity contribution in [3.8, 4) is 11.6 Å². The lowest BCUT2D eigenvalue weighted by Gasteiger charge is -2.00.